The summed E-state index contributed by atoms with van der Waals surface area (Å²) < 4.78 is 0.672. The van der Waals surface area contributed by atoms with Gasteiger partial charge in [-0.15, -0.1) is 12.6 Å². The summed E-state index contributed by atoms with van der Waals surface area (Å²) in [6, 6.07) is 0. The zero-order chi connectivity index (χ0) is 8.48. The molecule has 0 aromatic carbocycles. The molecule has 0 spiro atoms. The Balaban J connectivity index is 2.89. The van der Waals surface area contributed by atoms with Gasteiger partial charge in [-0.2, -0.15) is 0 Å². The largest absolute Gasteiger partial charge is 0.136 e. The zero-order valence-electron chi connectivity index (χ0n) is 6.12. The second kappa shape index (κ2) is 3.42. The van der Waals surface area contributed by atoms with Crippen LogP contribution in [0.15, 0.2) is 24.3 Å². The average molecular weight is 249 g/mol. The molecule has 0 aliphatic heterocycles. The van der Waals surface area contributed by atoms with Gasteiger partial charge in [-0.3, -0.25) is 0 Å². The van der Waals surface area contributed by atoms with Crippen molar-refractivity contribution < 1.29 is 0 Å². The Morgan fingerprint density at radius 1 is 1.64 bits per heavy atom. The molecule has 11 heavy (non-hydrogen) atoms. The molecule has 0 N–H and O–H groups in total. The lowest BCUT2D eigenvalue weighted by molar-refractivity contribution is 0.719. The van der Waals surface area contributed by atoms with Crippen LogP contribution < -0.4 is 0 Å². The molecule has 0 nitrogen and oxygen atoms in total. The molecule has 3 heteroatoms. The molecule has 0 heterocycles. The van der Waals surface area contributed by atoms with Crippen LogP contribution >= 0.6 is 40.8 Å². The van der Waals surface area contributed by atoms with Crippen molar-refractivity contribution in [3.05, 3.63) is 24.3 Å². The first-order valence-corrected chi connectivity index (χ1v) is 4.96. The molecule has 1 aliphatic carbocycles. The summed E-state index contributed by atoms with van der Waals surface area (Å²) in [4.78, 5) is 0. The highest BCUT2D eigenvalue weighted by Crippen LogP contribution is 2.34. The zero-order valence-corrected chi connectivity index (χ0v) is 9.42. The third-order valence-electron chi connectivity index (χ3n) is 1.71. The topological polar surface area (TPSA) is 0 Å². The fourth-order valence-electron chi connectivity index (χ4n) is 1.03. The Hall–Kier alpha value is 0.400. The van der Waals surface area contributed by atoms with Gasteiger partial charge >= 0.3 is 0 Å². The van der Waals surface area contributed by atoms with E-state index in [0.717, 1.165) is 4.20 Å². The van der Waals surface area contributed by atoms with Crippen LogP contribution in [0.25, 0.3) is 0 Å². The highest BCUT2D eigenvalue weighted by atomic mass is 79.9. The predicted molar refractivity (Wildman–Crippen MR) is 60.7 cm³/mol. The molecule has 1 rings (SSSR count). The number of halogens is 1. The van der Waals surface area contributed by atoms with Crippen LogP contribution in [0.4, 0.5) is 0 Å². The number of thiol groups is 1. The van der Waals surface area contributed by atoms with E-state index >= 15 is 0 Å². The Bertz CT molecular complexity index is 228. The fourth-order valence-corrected chi connectivity index (χ4v) is 2.57. The van der Waals surface area contributed by atoms with E-state index in [9.17, 15) is 0 Å². The van der Waals surface area contributed by atoms with E-state index in [1.54, 1.807) is 0 Å². The molecule has 0 saturated carbocycles. The summed E-state index contributed by atoms with van der Waals surface area (Å²) in [5.41, 5.74) is 0. The summed E-state index contributed by atoms with van der Waals surface area (Å²) in [6.07, 6.45) is 8.15. The first kappa shape index (κ1) is 9.49. The minimum atomic E-state index is -0.0550. The number of hydrogen-bond donors (Lipinski definition) is 1. The van der Waals surface area contributed by atoms with Gasteiger partial charge in [0, 0.05) is 5.92 Å². The van der Waals surface area contributed by atoms with Crippen LogP contribution in [0.3, 0.4) is 0 Å². The lowest BCUT2D eigenvalue weighted by atomic mass is 9.91. The Kier molecular flexibility index (Phi) is 2.95. The van der Waals surface area contributed by atoms with Crippen molar-refractivity contribution in [2.45, 2.75) is 11.2 Å². The van der Waals surface area contributed by atoms with Crippen LogP contribution in [0.5, 0.6) is 0 Å². The predicted octanol–water partition coefficient (Wildman–Crippen LogP) is 3.14. The van der Waals surface area contributed by atoms with E-state index in [1.807, 2.05) is 12.2 Å². The number of hydrogen-bond acceptors (Lipinski definition) is 1. The molecular weight excluding hydrogens is 240 g/mol. The van der Waals surface area contributed by atoms with Crippen molar-refractivity contribution in [2.75, 3.05) is 0 Å². The molecule has 0 aromatic rings. The average Bonchev–Trinajstić information content (AvgIpc) is 1.85. The molecule has 2 unspecified atom stereocenters. The lowest BCUT2D eigenvalue weighted by Crippen LogP contribution is -2.29. The molecule has 0 bridgehead atoms. The smallest absolute Gasteiger partial charge is 0.0534 e. The van der Waals surface area contributed by atoms with Gasteiger partial charge in [-0.25, -0.2) is 0 Å². The van der Waals surface area contributed by atoms with E-state index in [2.05, 4.69) is 47.6 Å². The molecule has 0 radical (unpaired) electrons. The van der Waals surface area contributed by atoms with Gasteiger partial charge in [-0.1, -0.05) is 52.5 Å². The third kappa shape index (κ3) is 2.17. The highest BCUT2D eigenvalue weighted by Gasteiger charge is 2.29. The van der Waals surface area contributed by atoms with Crippen molar-refractivity contribution in [3.8, 4) is 0 Å². The summed E-state index contributed by atoms with van der Waals surface area (Å²) in [7, 11) is 0. The second-order valence-corrected chi connectivity index (χ2v) is 5.64. The number of allylic oxidation sites excluding steroid dienone is 4. The summed E-state index contributed by atoms with van der Waals surface area (Å²) in [5.74, 6) is 0.214. The molecule has 1 aliphatic rings. The maximum atomic E-state index is 5.01. The first-order valence-electron chi connectivity index (χ1n) is 3.32. The van der Waals surface area contributed by atoms with E-state index in [1.165, 1.54) is 0 Å². The minimum Gasteiger partial charge on any atom is -0.136 e. The Morgan fingerprint density at radius 3 is 2.64 bits per heavy atom. The Morgan fingerprint density at radius 2 is 2.27 bits per heavy atom. The Labute approximate surface area is 86.3 Å². The quantitative estimate of drug-likeness (QED) is 0.423. The maximum absolute atomic E-state index is 5.01. The van der Waals surface area contributed by atoms with E-state index < -0.39 is 0 Å². The summed E-state index contributed by atoms with van der Waals surface area (Å²) in [6.45, 7) is 2.08. The molecule has 60 valence electrons. The number of rotatable bonds is 1. The van der Waals surface area contributed by atoms with Gasteiger partial charge in [0.15, 0.2) is 0 Å². The lowest BCUT2D eigenvalue weighted by Gasteiger charge is -2.28. The molecular formula is C8H9BrS2. The van der Waals surface area contributed by atoms with Gasteiger partial charge in [0.1, 0.15) is 0 Å². The van der Waals surface area contributed by atoms with Crippen molar-refractivity contribution in [2.24, 2.45) is 5.92 Å². The third-order valence-corrected chi connectivity index (χ3v) is 3.00. The molecule has 0 aromatic heterocycles. The number of alkyl halides is 1. The molecule has 2 atom stereocenters. The molecule has 0 fully saturated rings. The normalized spacial score (nSPS) is 35.7. The minimum absolute atomic E-state index is 0.0550. The standard InChI is InChI=1S/C8H9BrS2/c1-8(9)5-3-2-4-6(8)7(10)11/h2-6H,1H3,(H,10,11). The van der Waals surface area contributed by atoms with Gasteiger partial charge in [0.25, 0.3) is 0 Å². The van der Waals surface area contributed by atoms with Crippen LogP contribution in [0.1, 0.15) is 6.92 Å². The van der Waals surface area contributed by atoms with E-state index in [0.29, 0.717) is 0 Å². The van der Waals surface area contributed by atoms with Crippen LogP contribution in [0.2, 0.25) is 0 Å². The second-order valence-electron chi connectivity index (χ2n) is 2.71. The van der Waals surface area contributed by atoms with Crippen molar-refractivity contribution in [1.82, 2.24) is 0 Å². The van der Waals surface area contributed by atoms with E-state index in [-0.39, 0.29) is 10.2 Å². The van der Waals surface area contributed by atoms with Crippen LogP contribution in [-0.2, 0) is 0 Å². The summed E-state index contributed by atoms with van der Waals surface area (Å²) >= 11 is 12.8. The van der Waals surface area contributed by atoms with Crippen molar-refractivity contribution in [1.29, 1.82) is 0 Å². The SMILES string of the molecule is CC1(Br)C=CC=CC1C(=S)S. The monoisotopic (exact) mass is 248 g/mol. The van der Waals surface area contributed by atoms with Crippen LogP contribution in [-0.4, -0.2) is 8.52 Å². The van der Waals surface area contributed by atoms with Gasteiger partial charge in [0.2, 0.25) is 0 Å². The van der Waals surface area contributed by atoms with Gasteiger partial charge in [0.05, 0.1) is 8.52 Å². The molecule has 0 saturated heterocycles. The van der Waals surface area contributed by atoms with Gasteiger partial charge < -0.3 is 0 Å². The maximum Gasteiger partial charge on any atom is 0.0534 e. The van der Waals surface area contributed by atoms with Crippen LogP contribution in [0, 0.1) is 5.92 Å². The van der Waals surface area contributed by atoms with Crippen molar-refractivity contribution in [3.63, 3.8) is 0 Å². The fraction of sp³-hybridized carbons (Fsp3) is 0.375. The van der Waals surface area contributed by atoms with E-state index in [4.69, 9.17) is 12.2 Å². The summed E-state index contributed by atoms with van der Waals surface area (Å²) in [5, 5.41) is 0. The number of thiocarbonyl (C=S) groups is 1. The van der Waals surface area contributed by atoms with Gasteiger partial charge in [-0.05, 0) is 6.92 Å². The molecule has 0 amide bonds. The first-order chi connectivity index (χ1) is 5.04. The highest BCUT2D eigenvalue weighted by molar-refractivity contribution is 9.10. The van der Waals surface area contributed by atoms with Crippen molar-refractivity contribution >= 4 is 45.0 Å².